The summed E-state index contributed by atoms with van der Waals surface area (Å²) in [4.78, 5) is 0. The van der Waals surface area contributed by atoms with Crippen LogP contribution in [-0.2, 0) is 0 Å². The van der Waals surface area contributed by atoms with Gasteiger partial charge in [0.05, 0.1) is 6.04 Å². The van der Waals surface area contributed by atoms with Crippen LogP contribution in [0.5, 0.6) is 0 Å². The summed E-state index contributed by atoms with van der Waals surface area (Å²) in [5.41, 5.74) is 3.29. The van der Waals surface area contributed by atoms with Gasteiger partial charge >= 0.3 is 0 Å². The summed E-state index contributed by atoms with van der Waals surface area (Å²) in [5, 5.41) is 3.49. The minimum Gasteiger partial charge on any atom is -0.306 e. The van der Waals surface area contributed by atoms with Crippen molar-refractivity contribution in [1.29, 1.82) is 0 Å². The highest BCUT2D eigenvalue weighted by molar-refractivity contribution is 9.10. The van der Waals surface area contributed by atoms with Crippen LogP contribution in [0.3, 0.4) is 0 Å². The maximum absolute atomic E-state index is 13.5. The van der Waals surface area contributed by atoms with E-state index in [1.54, 1.807) is 12.1 Å². The van der Waals surface area contributed by atoms with E-state index in [2.05, 4.69) is 53.3 Å². The summed E-state index contributed by atoms with van der Waals surface area (Å²) < 4.78 is 14.6. The molecule has 20 heavy (non-hydrogen) atoms. The Labute approximate surface area is 128 Å². The molecular formula is C17H19BrFN. The van der Waals surface area contributed by atoms with Crippen molar-refractivity contribution < 1.29 is 4.39 Å². The Kier molecular flexibility index (Phi) is 5.32. The highest BCUT2D eigenvalue weighted by Gasteiger charge is 2.14. The van der Waals surface area contributed by atoms with E-state index in [1.165, 1.54) is 11.6 Å². The second-order valence-corrected chi connectivity index (χ2v) is 5.81. The Morgan fingerprint density at radius 1 is 1.15 bits per heavy atom. The van der Waals surface area contributed by atoms with Crippen LogP contribution in [0.15, 0.2) is 46.9 Å². The fourth-order valence-corrected chi connectivity index (χ4v) is 2.59. The summed E-state index contributed by atoms with van der Waals surface area (Å²) in [6, 6.07) is 13.1. The van der Waals surface area contributed by atoms with Crippen LogP contribution in [0.2, 0.25) is 0 Å². The number of hydrogen-bond donors (Lipinski definition) is 1. The molecule has 1 unspecified atom stereocenters. The van der Waals surface area contributed by atoms with Gasteiger partial charge in [-0.2, -0.15) is 0 Å². The first kappa shape index (κ1) is 15.2. The molecule has 0 aliphatic rings. The molecule has 0 aliphatic carbocycles. The molecule has 0 spiro atoms. The zero-order chi connectivity index (χ0) is 14.5. The van der Waals surface area contributed by atoms with Crippen LogP contribution in [0.4, 0.5) is 4.39 Å². The first-order valence-electron chi connectivity index (χ1n) is 6.86. The molecule has 1 nitrogen and oxygen atoms in total. The lowest BCUT2D eigenvalue weighted by atomic mass is 9.97. The molecule has 0 heterocycles. The van der Waals surface area contributed by atoms with E-state index in [0.717, 1.165) is 28.6 Å². The van der Waals surface area contributed by atoms with Crippen molar-refractivity contribution in [2.24, 2.45) is 0 Å². The molecule has 1 atom stereocenters. The summed E-state index contributed by atoms with van der Waals surface area (Å²) in [6.45, 7) is 5.08. The third kappa shape index (κ3) is 3.68. The SMILES string of the molecule is CCCNC(c1cccc(F)c1)c1ccc(C)c(Br)c1. The largest absolute Gasteiger partial charge is 0.306 e. The molecule has 2 rings (SSSR count). The predicted octanol–water partition coefficient (Wildman–Crippen LogP) is 4.99. The van der Waals surface area contributed by atoms with Gasteiger partial charge in [0.25, 0.3) is 0 Å². The van der Waals surface area contributed by atoms with Gasteiger partial charge in [-0.05, 0) is 54.8 Å². The number of rotatable bonds is 5. The smallest absolute Gasteiger partial charge is 0.123 e. The second-order valence-electron chi connectivity index (χ2n) is 4.95. The molecule has 0 bridgehead atoms. The molecule has 2 aromatic carbocycles. The van der Waals surface area contributed by atoms with E-state index in [9.17, 15) is 4.39 Å². The minimum atomic E-state index is -0.197. The third-order valence-electron chi connectivity index (χ3n) is 3.31. The fraction of sp³-hybridized carbons (Fsp3) is 0.294. The van der Waals surface area contributed by atoms with Crippen molar-refractivity contribution in [2.45, 2.75) is 26.3 Å². The maximum atomic E-state index is 13.5. The van der Waals surface area contributed by atoms with Crippen molar-refractivity contribution in [3.63, 3.8) is 0 Å². The highest BCUT2D eigenvalue weighted by Crippen LogP contribution is 2.27. The van der Waals surface area contributed by atoms with Gasteiger partial charge in [-0.3, -0.25) is 0 Å². The molecule has 0 aliphatic heterocycles. The van der Waals surface area contributed by atoms with Crippen LogP contribution in [-0.4, -0.2) is 6.54 Å². The normalized spacial score (nSPS) is 12.4. The highest BCUT2D eigenvalue weighted by atomic mass is 79.9. The minimum absolute atomic E-state index is 0.0162. The average Bonchev–Trinajstić information content (AvgIpc) is 2.43. The molecule has 0 saturated carbocycles. The van der Waals surface area contributed by atoms with Crippen molar-refractivity contribution in [1.82, 2.24) is 5.32 Å². The second kappa shape index (κ2) is 7.00. The Balaban J connectivity index is 2.38. The molecule has 2 aromatic rings. The van der Waals surface area contributed by atoms with Gasteiger partial charge in [-0.1, -0.05) is 47.1 Å². The molecule has 106 valence electrons. The Hall–Kier alpha value is -1.19. The zero-order valence-corrected chi connectivity index (χ0v) is 13.4. The monoisotopic (exact) mass is 335 g/mol. The van der Waals surface area contributed by atoms with E-state index in [0.29, 0.717) is 0 Å². The fourth-order valence-electron chi connectivity index (χ4n) is 2.19. The van der Waals surface area contributed by atoms with Crippen LogP contribution in [0.1, 0.15) is 36.1 Å². The standard InChI is InChI=1S/C17H19BrFN/c1-3-9-20-17(13-5-4-6-15(19)10-13)14-8-7-12(2)16(18)11-14/h4-8,10-11,17,20H,3,9H2,1-2H3. The number of nitrogens with one attached hydrogen (secondary N) is 1. The predicted molar refractivity (Wildman–Crippen MR) is 85.4 cm³/mol. The van der Waals surface area contributed by atoms with Crippen LogP contribution in [0, 0.1) is 12.7 Å². The molecule has 0 saturated heterocycles. The molecule has 0 aromatic heterocycles. The van der Waals surface area contributed by atoms with Gasteiger partial charge in [0.2, 0.25) is 0 Å². The Morgan fingerprint density at radius 2 is 1.90 bits per heavy atom. The van der Waals surface area contributed by atoms with Gasteiger partial charge in [0.1, 0.15) is 5.82 Å². The lowest BCUT2D eigenvalue weighted by molar-refractivity contribution is 0.585. The molecule has 1 N–H and O–H groups in total. The number of aryl methyl sites for hydroxylation is 1. The van der Waals surface area contributed by atoms with E-state index in [4.69, 9.17) is 0 Å². The van der Waals surface area contributed by atoms with Gasteiger partial charge in [-0.15, -0.1) is 0 Å². The maximum Gasteiger partial charge on any atom is 0.123 e. The molecule has 0 radical (unpaired) electrons. The summed E-state index contributed by atoms with van der Waals surface area (Å²) in [6.07, 6.45) is 1.04. The van der Waals surface area contributed by atoms with Gasteiger partial charge in [-0.25, -0.2) is 4.39 Å². The number of benzene rings is 2. The van der Waals surface area contributed by atoms with E-state index in [1.807, 2.05) is 6.07 Å². The van der Waals surface area contributed by atoms with Gasteiger partial charge in [0, 0.05) is 4.47 Å². The lowest BCUT2D eigenvalue weighted by Gasteiger charge is -2.20. The lowest BCUT2D eigenvalue weighted by Crippen LogP contribution is -2.23. The molecule has 0 amide bonds. The first-order chi connectivity index (χ1) is 9.61. The topological polar surface area (TPSA) is 12.0 Å². The summed E-state index contributed by atoms with van der Waals surface area (Å²) in [5.74, 6) is -0.197. The first-order valence-corrected chi connectivity index (χ1v) is 7.66. The third-order valence-corrected chi connectivity index (χ3v) is 4.16. The van der Waals surface area contributed by atoms with Crippen LogP contribution < -0.4 is 5.32 Å². The van der Waals surface area contributed by atoms with Crippen molar-refractivity contribution in [3.8, 4) is 0 Å². The van der Waals surface area contributed by atoms with E-state index in [-0.39, 0.29) is 11.9 Å². The Bertz CT molecular complexity index is 583. The van der Waals surface area contributed by atoms with Gasteiger partial charge < -0.3 is 5.32 Å². The zero-order valence-electron chi connectivity index (χ0n) is 11.8. The van der Waals surface area contributed by atoms with Crippen molar-refractivity contribution in [2.75, 3.05) is 6.54 Å². The molecule has 0 fully saturated rings. The quantitative estimate of drug-likeness (QED) is 0.811. The molecule has 3 heteroatoms. The van der Waals surface area contributed by atoms with Crippen molar-refractivity contribution in [3.05, 3.63) is 69.4 Å². The average molecular weight is 336 g/mol. The van der Waals surface area contributed by atoms with Crippen LogP contribution >= 0.6 is 15.9 Å². The van der Waals surface area contributed by atoms with E-state index < -0.39 is 0 Å². The van der Waals surface area contributed by atoms with Gasteiger partial charge in [0.15, 0.2) is 0 Å². The van der Waals surface area contributed by atoms with Crippen LogP contribution in [0.25, 0.3) is 0 Å². The van der Waals surface area contributed by atoms with E-state index >= 15 is 0 Å². The number of halogens is 2. The Morgan fingerprint density at radius 3 is 2.55 bits per heavy atom. The molecular weight excluding hydrogens is 317 g/mol. The van der Waals surface area contributed by atoms with Crippen molar-refractivity contribution >= 4 is 15.9 Å². The number of hydrogen-bond acceptors (Lipinski definition) is 1. The summed E-state index contributed by atoms with van der Waals surface area (Å²) in [7, 11) is 0. The summed E-state index contributed by atoms with van der Waals surface area (Å²) >= 11 is 3.57.